The molecule has 0 heterocycles. The largest absolute Gasteiger partial charge is 0.336 e. The fraction of sp³-hybridized carbons (Fsp3) is 0.278. The summed E-state index contributed by atoms with van der Waals surface area (Å²) < 4.78 is 35.9. The molecule has 2 rings (SSSR count). The topological polar surface area (TPSA) is 78.5 Å². The molecule has 0 saturated carbocycles. The van der Waals surface area contributed by atoms with Gasteiger partial charge in [0.15, 0.2) is 9.84 Å². The van der Waals surface area contributed by atoms with Crippen molar-refractivity contribution in [1.29, 1.82) is 0 Å². The predicted molar refractivity (Wildman–Crippen MR) is 99.4 cm³/mol. The molecule has 0 aliphatic heterocycles. The number of benzene rings is 2. The van der Waals surface area contributed by atoms with E-state index in [0.29, 0.717) is 12.2 Å². The molecule has 2 amide bonds. The van der Waals surface area contributed by atoms with Crippen molar-refractivity contribution in [2.45, 2.75) is 10.9 Å². The SMILES string of the molecule is CN(C)C(CNC(=O)Nc1ccc(S(C)(=O)=O)cc1)c1ccc(F)cc1. The zero-order valence-electron chi connectivity index (χ0n) is 14.9. The molecule has 26 heavy (non-hydrogen) atoms. The van der Waals surface area contributed by atoms with E-state index in [1.807, 2.05) is 19.0 Å². The molecule has 8 heteroatoms. The molecular weight excluding hydrogens is 357 g/mol. The van der Waals surface area contributed by atoms with E-state index in [-0.39, 0.29) is 16.8 Å². The Morgan fingerprint density at radius 2 is 1.65 bits per heavy atom. The number of halogens is 1. The van der Waals surface area contributed by atoms with Gasteiger partial charge in [-0.1, -0.05) is 12.1 Å². The Balaban J connectivity index is 1.97. The summed E-state index contributed by atoms with van der Waals surface area (Å²) in [4.78, 5) is 14.2. The molecule has 2 aromatic rings. The van der Waals surface area contributed by atoms with Crippen LogP contribution in [0.2, 0.25) is 0 Å². The number of rotatable bonds is 6. The first-order chi connectivity index (χ1) is 12.2. The first-order valence-corrected chi connectivity index (χ1v) is 9.83. The third-order valence-corrected chi connectivity index (χ3v) is 5.00. The number of hydrogen-bond donors (Lipinski definition) is 2. The smallest absolute Gasteiger partial charge is 0.319 e. The number of hydrogen-bond acceptors (Lipinski definition) is 4. The molecule has 0 fully saturated rings. The molecule has 0 bridgehead atoms. The summed E-state index contributed by atoms with van der Waals surface area (Å²) >= 11 is 0. The van der Waals surface area contributed by atoms with Crippen molar-refractivity contribution in [1.82, 2.24) is 10.2 Å². The summed E-state index contributed by atoms with van der Waals surface area (Å²) in [6.45, 7) is 0.325. The molecule has 0 aliphatic rings. The van der Waals surface area contributed by atoms with Gasteiger partial charge in [-0.25, -0.2) is 17.6 Å². The molecule has 140 valence electrons. The van der Waals surface area contributed by atoms with Crippen LogP contribution < -0.4 is 10.6 Å². The Bertz CT molecular complexity index is 850. The molecule has 6 nitrogen and oxygen atoms in total. The number of amides is 2. The van der Waals surface area contributed by atoms with E-state index in [0.717, 1.165) is 11.8 Å². The van der Waals surface area contributed by atoms with Gasteiger partial charge in [0, 0.05) is 18.5 Å². The third-order valence-electron chi connectivity index (χ3n) is 3.87. The standard InChI is InChI=1S/C18H22FN3O3S/c1-22(2)17(13-4-6-14(19)7-5-13)12-20-18(23)21-15-8-10-16(11-9-15)26(3,24)25/h4-11,17H,12H2,1-3H3,(H2,20,21,23). The van der Waals surface area contributed by atoms with E-state index in [2.05, 4.69) is 10.6 Å². The van der Waals surface area contributed by atoms with Gasteiger partial charge >= 0.3 is 6.03 Å². The maximum absolute atomic E-state index is 13.1. The lowest BCUT2D eigenvalue weighted by molar-refractivity contribution is 0.243. The number of anilines is 1. The quantitative estimate of drug-likeness (QED) is 0.809. The lowest BCUT2D eigenvalue weighted by Gasteiger charge is -2.25. The molecule has 2 aromatic carbocycles. The van der Waals surface area contributed by atoms with Gasteiger partial charge < -0.3 is 15.5 Å². The number of carbonyl (C=O) groups excluding carboxylic acids is 1. The van der Waals surface area contributed by atoms with Crippen molar-refractivity contribution in [2.24, 2.45) is 0 Å². The van der Waals surface area contributed by atoms with Crippen LogP contribution in [0.3, 0.4) is 0 Å². The van der Waals surface area contributed by atoms with Crippen LogP contribution in [-0.2, 0) is 9.84 Å². The normalized spacial score (nSPS) is 12.7. The molecule has 1 unspecified atom stereocenters. The van der Waals surface area contributed by atoms with Crippen LogP contribution in [0.4, 0.5) is 14.9 Å². The minimum Gasteiger partial charge on any atom is -0.336 e. The van der Waals surface area contributed by atoms with Crippen LogP contribution in [0.15, 0.2) is 53.4 Å². The van der Waals surface area contributed by atoms with Crippen LogP contribution in [0, 0.1) is 5.82 Å². The number of likely N-dealkylation sites (N-methyl/N-ethyl adjacent to an activating group) is 1. The second kappa shape index (κ2) is 8.29. The van der Waals surface area contributed by atoms with E-state index < -0.39 is 15.9 Å². The van der Waals surface area contributed by atoms with Crippen LogP contribution >= 0.6 is 0 Å². The van der Waals surface area contributed by atoms with Crippen LogP contribution in [0.1, 0.15) is 11.6 Å². The molecular formula is C18H22FN3O3S. The minimum absolute atomic E-state index is 0.117. The summed E-state index contributed by atoms with van der Waals surface area (Å²) in [5, 5.41) is 5.42. The second-order valence-electron chi connectivity index (χ2n) is 6.16. The fourth-order valence-corrected chi connectivity index (χ4v) is 3.06. The average Bonchev–Trinajstić information content (AvgIpc) is 2.56. The predicted octanol–water partition coefficient (Wildman–Crippen LogP) is 2.65. The molecule has 1 atom stereocenters. The number of carbonyl (C=O) groups is 1. The van der Waals surface area contributed by atoms with Gasteiger partial charge in [-0.2, -0.15) is 0 Å². The molecule has 2 N–H and O–H groups in total. The highest BCUT2D eigenvalue weighted by Crippen LogP contribution is 2.18. The lowest BCUT2D eigenvalue weighted by atomic mass is 10.1. The van der Waals surface area contributed by atoms with Gasteiger partial charge in [-0.05, 0) is 56.1 Å². The lowest BCUT2D eigenvalue weighted by Crippen LogP contribution is -2.36. The summed E-state index contributed by atoms with van der Waals surface area (Å²) in [6, 6.07) is 11.5. The molecule has 0 aliphatic carbocycles. The van der Waals surface area contributed by atoms with Crippen LogP contribution in [0.5, 0.6) is 0 Å². The maximum atomic E-state index is 13.1. The Kier molecular flexibility index (Phi) is 6.33. The zero-order valence-corrected chi connectivity index (χ0v) is 15.7. The molecule has 0 aromatic heterocycles. The monoisotopic (exact) mass is 379 g/mol. The maximum Gasteiger partial charge on any atom is 0.319 e. The highest BCUT2D eigenvalue weighted by Gasteiger charge is 2.15. The van der Waals surface area contributed by atoms with Gasteiger partial charge in [0.1, 0.15) is 5.82 Å². The fourth-order valence-electron chi connectivity index (χ4n) is 2.43. The Hall–Kier alpha value is -2.45. The zero-order chi connectivity index (χ0) is 19.3. The summed E-state index contributed by atoms with van der Waals surface area (Å²) in [5.41, 5.74) is 1.37. The van der Waals surface area contributed by atoms with Crippen LogP contribution in [0.25, 0.3) is 0 Å². The van der Waals surface area contributed by atoms with Crippen molar-refractivity contribution in [3.05, 3.63) is 59.9 Å². The van der Waals surface area contributed by atoms with Gasteiger partial charge in [0.25, 0.3) is 0 Å². The summed E-state index contributed by atoms with van der Waals surface area (Å²) in [6.07, 6.45) is 1.12. The first-order valence-electron chi connectivity index (χ1n) is 7.93. The first kappa shape index (κ1) is 19.9. The Morgan fingerprint density at radius 1 is 1.08 bits per heavy atom. The Morgan fingerprint density at radius 3 is 2.15 bits per heavy atom. The summed E-state index contributed by atoms with van der Waals surface area (Å²) in [5.74, 6) is -0.311. The van der Waals surface area contributed by atoms with Crippen molar-refractivity contribution in [2.75, 3.05) is 32.2 Å². The van der Waals surface area contributed by atoms with E-state index in [4.69, 9.17) is 0 Å². The number of urea groups is 1. The highest BCUT2D eigenvalue weighted by molar-refractivity contribution is 7.90. The van der Waals surface area contributed by atoms with E-state index in [1.165, 1.54) is 36.4 Å². The number of sulfone groups is 1. The van der Waals surface area contributed by atoms with Gasteiger partial charge in [-0.3, -0.25) is 0 Å². The molecule has 0 saturated heterocycles. The van der Waals surface area contributed by atoms with Crippen molar-refractivity contribution < 1.29 is 17.6 Å². The van der Waals surface area contributed by atoms with Gasteiger partial charge in [-0.15, -0.1) is 0 Å². The average molecular weight is 379 g/mol. The third kappa shape index (κ3) is 5.53. The second-order valence-corrected chi connectivity index (χ2v) is 8.18. The number of nitrogens with one attached hydrogen (secondary N) is 2. The Labute approximate surface area is 152 Å². The minimum atomic E-state index is -3.27. The van der Waals surface area contributed by atoms with Crippen molar-refractivity contribution in [3.8, 4) is 0 Å². The summed E-state index contributed by atoms with van der Waals surface area (Å²) in [7, 11) is 0.472. The highest BCUT2D eigenvalue weighted by atomic mass is 32.2. The van der Waals surface area contributed by atoms with E-state index >= 15 is 0 Å². The van der Waals surface area contributed by atoms with Crippen molar-refractivity contribution >= 4 is 21.6 Å². The van der Waals surface area contributed by atoms with Gasteiger partial charge in [0.2, 0.25) is 0 Å². The van der Waals surface area contributed by atoms with E-state index in [1.54, 1.807) is 12.1 Å². The van der Waals surface area contributed by atoms with Gasteiger partial charge in [0.05, 0.1) is 10.9 Å². The van der Waals surface area contributed by atoms with E-state index in [9.17, 15) is 17.6 Å². The molecule has 0 radical (unpaired) electrons. The molecule has 0 spiro atoms. The number of nitrogens with zero attached hydrogens (tertiary/aromatic N) is 1. The van der Waals surface area contributed by atoms with Crippen LogP contribution in [-0.4, -0.2) is 46.2 Å². The van der Waals surface area contributed by atoms with Crippen molar-refractivity contribution in [3.63, 3.8) is 0 Å².